The first-order valence-corrected chi connectivity index (χ1v) is 10.8. The summed E-state index contributed by atoms with van der Waals surface area (Å²) in [4.78, 5) is 25.0. The highest BCUT2D eigenvalue weighted by Crippen LogP contribution is 2.27. The van der Waals surface area contributed by atoms with E-state index in [1.807, 2.05) is 17.5 Å². The summed E-state index contributed by atoms with van der Waals surface area (Å²) in [5, 5.41) is 9.65. The summed E-state index contributed by atoms with van der Waals surface area (Å²) in [6, 6.07) is 8.67. The molecule has 0 saturated carbocycles. The molecule has 8 nitrogen and oxygen atoms in total. The van der Waals surface area contributed by atoms with E-state index >= 15 is 0 Å². The topological polar surface area (TPSA) is 101 Å². The maximum atomic E-state index is 12.2. The first kappa shape index (κ1) is 22.3. The predicted octanol–water partition coefficient (Wildman–Crippen LogP) is 3.98. The lowest BCUT2D eigenvalue weighted by Gasteiger charge is -2.10. The molecule has 158 valence electrons. The van der Waals surface area contributed by atoms with Gasteiger partial charge in [0.25, 0.3) is 5.91 Å². The molecule has 2 aromatic heterocycles. The van der Waals surface area contributed by atoms with Gasteiger partial charge in [-0.2, -0.15) is 5.10 Å². The van der Waals surface area contributed by atoms with Crippen molar-refractivity contribution in [2.24, 2.45) is 0 Å². The van der Waals surface area contributed by atoms with Crippen LogP contribution in [0.1, 0.15) is 12.8 Å². The van der Waals surface area contributed by atoms with E-state index in [-0.39, 0.29) is 25.5 Å². The van der Waals surface area contributed by atoms with Crippen LogP contribution in [-0.2, 0) is 16.1 Å². The Balaban J connectivity index is 1.40. The van der Waals surface area contributed by atoms with E-state index in [9.17, 15) is 9.59 Å². The van der Waals surface area contributed by atoms with Gasteiger partial charge in [-0.3, -0.25) is 30.1 Å². The molecule has 30 heavy (non-hydrogen) atoms. The van der Waals surface area contributed by atoms with Gasteiger partial charge in [0.2, 0.25) is 5.91 Å². The van der Waals surface area contributed by atoms with Crippen LogP contribution in [0.5, 0.6) is 5.75 Å². The fourth-order valence-corrected chi connectivity index (χ4v) is 3.83. The summed E-state index contributed by atoms with van der Waals surface area (Å²) in [6.45, 7) is 0.206. The molecule has 0 atom stereocenters. The minimum Gasteiger partial charge on any atom is -0.492 e. The molecule has 2 amide bonds. The molecule has 1 aromatic carbocycles. The molecule has 3 aromatic rings. The fraction of sp³-hybridized carbons (Fsp3) is 0.222. The number of aromatic nitrogens is 3. The largest absolute Gasteiger partial charge is 0.492 e. The molecule has 3 rings (SSSR count). The second-order valence-electron chi connectivity index (χ2n) is 6.04. The summed E-state index contributed by atoms with van der Waals surface area (Å²) >= 11 is 18.5. The standard InChI is InChI=1S/C18H17Cl2N5O3S2/c19-11-5-6-13(12(20)9-11)28-7-1-4-15(26)21-22-16(27)10-25-17(23-24-18(25)29)14-3-2-8-30-14/h2-3,5-6,8-9H,1,4,7,10H2,(H,21,26)(H,22,27)(H,24,29). The Bertz CT molecular complexity index is 1080. The zero-order valence-electron chi connectivity index (χ0n) is 15.5. The lowest BCUT2D eigenvalue weighted by Crippen LogP contribution is -2.43. The Morgan fingerprint density at radius 1 is 1.23 bits per heavy atom. The van der Waals surface area contributed by atoms with Gasteiger partial charge in [0.1, 0.15) is 12.3 Å². The highest BCUT2D eigenvalue weighted by molar-refractivity contribution is 7.71. The van der Waals surface area contributed by atoms with Crippen molar-refractivity contribution in [3.63, 3.8) is 0 Å². The van der Waals surface area contributed by atoms with Crippen molar-refractivity contribution >= 4 is 58.6 Å². The number of thiophene rings is 1. The number of hydrogen-bond acceptors (Lipinski definition) is 6. The highest BCUT2D eigenvalue weighted by Gasteiger charge is 2.13. The van der Waals surface area contributed by atoms with Crippen LogP contribution in [0.25, 0.3) is 10.7 Å². The Morgan fingerprint density at radius 3 is 2.77 bits per heavy atom. The lowest BCUT2D eigenvalue weighted by atomic mass is 10.3. The van der Waals surface area contributed by atoms with Gasteiger partial charge in [-0.25, -0.2) is 0 Å². The fourth-order valence-electron chi connectivity index (χ4n) is 2.45. The van der Waals surface area contributed by atoms with Gasteiger partial charge < -0.3 is 4.74 Å². The van der Waals surface area contributed by atoms with Gasteiger partial charge >= 0.3 is 0 Å². The molecule has 0 spiro atoms. The summed E-state index contributed by atoms with van der Waals surface area (Å²) in [5.74, 6) is 0.286. The average molecular weight is 486 g/mol. The smallest absolute Gasteiger partial charge is 0.258 e. The third-order valence-electron chi connectivity index (χ3n) is 3.84. The van der Waals surface area contributed by atoms with E-state index in [4.69, 9.17) is 40.2 Å². The molecule has 12 heteroatoms. The molecule has 0 saturated heterocycles. The average Bonchev–Trinajstić information content (AvgIpc) is 3.35. The normalized spacial score (nSPS) is 10.6. The van der Waals surface area contributed by atoms with Crippen molar-refractivity contribution in [3.05, 3.63) is 50.5 Å². The van der Waals surface area contributed by atoms with E-state index in [1.165, 1.54) is 11.3 Å². The monoisotopic (exact) mass is 485 g/mol. The van der Waals surface area contributed by atoms with Crippen LogP contribution in [0.2, 0.25) is 10.0 Å². The maximum Gasteiger partial charge on any atom is 0.258 e. The molecule has 2 heterocycles. The second-order valence-corrected chi connectivity index (χ2v) is 8.22. The van der Waals surface area contributed by atoms with E-state index in [1.54, 1.807) is 22.8 Å². The SMILES string of the molecule is O=C(CCCOc1ccc(Cl)cc1Cl)NNC(=O)Cn1c(-c2cccs2)n[nH]c1=S. The third-order valence-corrected chi connectivity index (χ3v) is 5.55. The number of halogens is 2. The number of nitrogens with one attached hydrogen (secondary N) is 3. The number of nitrogens with zero attached hydrogens (tertiary/aromatic N) is 2. The number of amides is 2. The van der Waals surface area contributed by atoms with Gasteiger partial charge in [0.05, 0.1) is 16.5 Å². The first-order valence-electron chi connectivity index (χ1n) is 8.78. The molecule has 0 aliphatic heterocycles. The number of aromatic amines is 1. The van der Waals surface area contributed by atoms with E-state index < -0.39 is 5.91 Å². The minimum atomic E-state index is -0.428. The summed E-state index contributed by atoms with van der Waals surface area (Å²) in [6.07, 6.45) is 0.604. The number of benzene rings is 1. The lowest BCUT2D eigenvalue weighted by molar-refractivity contribution is -0.129. The maximum absolute atomic E-state index is 12.2. The molecule has 0 aliphatic rings. The van der Waals surface area contributed by atoms with Gasteiger partial charge in [-0.05, 0) is 48.3 Å². The molecule has 0 radical (unpaired) electrons. The number of carbonyl (C=O) groups is 2. The quantitative estimate of drug-likeness (QED) is 0.254. The molecule has 0 unspecified atom stereocenters. The van der Waals surface area contributed by atoms with E-state index in [2.05, 4.69) is 21.0 Å². The number of H-pyrrole nitrogens is 1. The van der Waals surface area contributed by atoms with Gasteiger partial charge in [0.15, 0.2) is 10.6 Å². The summed E-state index contributed by atoms with van der Waals surface area (Å²) in [5.41, 5.74) is 4.75. The van der Waals surface area contributed by atoms with Gasteiger partial charge in [0, 0.05) is 11.4 Å². The van der Waals surface area contributed by atoms with Crippen LogP contribution < -0.4 is 15.6 Å². The van der Waals surface area contributed by atoms with Crippen molar-refractivity contribution in [3.8, 4) is 16.5 Å². The van der Waals surface area contributed by atoms with Crippen molar-refractivity contribution < 1.29 is 14.3 Å². The van der Waals surface area contributed by atoms with Gasteiger partial charge in [-0.1, -0.05) is 29.3 Å². The van der Waals surface area contributed by atoms with Crippen LogP contribution in [0.15, 0.2) is 35.7 Å². The summed E-state index contributed by atoms with van der Waals surface area (Å²) < 4.78 is 7.40. The number of carbonyl (C=O) groups excluding carboxylic acids is 2. The van der Waals surface area contributed by atoms with Crippen molar-refractivity contribution in [2.75, 3.05) is 6.61 Å². The van der Waals surface area contributed by atoms with Crippen LogP contribution in [0, 0.1) is 4.77 Å². The molecular formula is C18H17Cl2N5O3S2. The van der Waals surface area contributed by atoms with Crippen molar-refractivity contribution in [2.45, 2.75) is 19.4 Å². The number of ether oxygens (including phenoxy) is 1. The number of hydrazine groups is 1. The van der Waals surface area contributed by atoms with Crippen molar-refractivity contribution in [1.82, 2.24) is 25.6 Å². The molecule has 3 N–H and O–H groups in total. The molecular weight excluding hydrogens is 469 g/mol. The van der Waals surface area contributed by atoms with Crippen LogP contribution in [-0.4, -0.2) is 33.2 Å². The Morgan fingerprint density at radius 2 is 2.03 bits per heavy atom. The van der Waals surface area contributed by atoms with Crippen molar-refractivity contribution in [1.29, 1.82) is 0 Å². The first-order chi connectivity index (χ1) is 14.4. The number of hydrogen-bond donors (Lipinski definition) is 3. The summed E-state index contributed by atoms with van der Waals surface area (Å²) in [7, 11) is 0. The molecule has 0 fully saturated rings. The van der Waals surface area contributed by atoms with Crippen LogP contribution in [0.3, 0.4) is 0 Å². The predicted molar refractivity (Wildman–Crippen MR) is 118 cm³/mol. The van der Waals surface area contributed by atoms with Gasteiger partial charge in [-0.15, -0.1) is 11.3 Å². The Hall–Kier alpha value is -2.40. The van der Waals surface area contributed by atoms with E-state index in [0.29, 0.717) is 32.8 Å². The Kier molecular flexibility index (Phi) is 7.86. The second kappa shape index (κ2) is 10.6. The zero-order chi connectivity index (χ0) is 21.5. The highest BCUT2D eigenvalue weighted by atomic mass is 35.5. The van der Waals surface area contributed by atoms with Crippen LogP contribution >= 0.6 is 46.8 Å². The zero-order valence-corrected chi connectivity index (χ0v) is 18.6. The van der Waals surface area contributed by atoms with E-state index in [0.717, 1.165) is 4.88 Å². The Labute approximate surface area is 191 Å². The molecule has 0 bridgehead atoms. The third kappa shape index (κ3) is 6.05. The molecule has 0 aliphatic carbocycles. The van der Waals surface area contributed by atoms with Crippen LogP contribution in [0.4, 0.5) is 0 Å². The number of rotatable bonds is 8. The minimum absolute atomic E-state index is 0.0823.